The van der Waals surface area contributed by atoms with Crippen LogP contribution in [0.4, 0.5) is 0 Å². The molecule has 0 aromatic heterocycles. The minimum atomic E-state index is -0.974. The molecule has 0 aliphatic carbocycles. The minimum Gasteiger partial charge on any atom is -0.459 e. The van der Waals surface area contributed by atoms with Gasteiger partial charge in [-0.2, -0.15) is 0 Å². The molecule has 1 heterocycles. The van der Waals surface area contributed by atoms with Gasteiger partial charge >= 0.3 is 5.97 Å². The van der Waals surface area contributed by atoms with Gasteiger partial charge in [0, 0.05) is 5.56 Å². The molecule has 2 aromatic rings. The van der Waals surface area contributed by atoms with E-state index in [1.54, 1.807) is 24.3 Å². The van der Waals surface area contributed by atoms with E-state index in [0.717, 1.165) is 5.56 Å². The van der Waals surface area contributed by atoms with Crippen molar-refractivity contribution in [1.82, 2.24) is 0 Å². The zero-order valence-corrected chi connectivity index (χ0v) is 13.4. The second-order valence-corrected chi connectivity index (χ2v) is 5.96. The molecular formula is C17H15BrO4. The number of carbonyl (C=O) groups excluding carboxylic acids is 1. The molecule has 5 heteroatoms. The highest BCUT2D eigenvalue weighted by atomic mass is 79.9. The van der Waals surface area contributed by atoms with Crippen LogP contribution >= 0.6 is 15.9 Å². The number of ether oxygens (including phenoxy) is 3. The predicted octanol–water partition coefficient (Wildman–Crippen LogP) is 3.46. The summed E-state index contributed by atoms with van der Waals surface area (Å²) in [5.41, 5.74) is 1.39. The van der Waals surface area contributed by atoms with Crippen molar-refractivity contribution in [3.63, 3.8) is 0 Å². The van der Waals surface area contributed by atoms with Gasteiger partial charge in [-0.05, 0) is 28.1 Å². The van der Waals surface area contributed by atoms with Crippen LogP contribution in [0.15, 0.2) is 60.7 Å². The molecule has 2 atom stereocenters. The molecule has 1 fully saturated rings. The van der Waals surface area contributed by atoms with Gasteiger partial charge in [0.05, 0.1) is 12.2 Å². The Morgan fingerprint density at radius 2 is 1.77 bits per heavy atom. The summed E-state index contributed by atoms with van der Waals surface area (Å²) in [7, 11) is 0. The molecular weight excluding hydrogens is 348 g/mol. The quantitative estimate of drug-likeness (QED) is 0.617. The van der Waals surface area contributed by atoms with E-state index in [4.69, 9.17) is 14.2 Å². The largest absolute Gasteiger partial charge is 0.459 e. The van der Waals surface area contributed by atoms with Crippen LogP contribution in [0.2, 0.25) is 0 Å². The topological polar surface area (TPSA) is 44.8 Å². The van der Waals surface area contributed by atoms with Crippen molar-refractivity contribution < 1.29 is 19.0 Å². The van der Waals surface area contributed by atoms with Crippen LogP contribution in [0.25, 0.3) is 0 Å². The fraction of sp³-hybridized carbons (Fsp3) is 0.235. The lowest BCUT2D eigenvalue weighted by Crippen LogP contribution is -2.24. The molecule has 3 rings (SSSR count). The van der Waals surface area contributed by atoms with Gasteiger partial charge in [0.25, 0.3) is 4.70 Å². The summed E-state index contributed by atoms with van der Waals surface area (Å²) in [6, 6.07) is 18.4. The van der Waals surface area contributed by atoms with E-state index >= 15 is 0 Å². The third-order valence-electron chi connectivity index (χ3n) is 3.30. The maximum absolute atomic E-state index is 11.9. The Bertz CT molecular complexity index is 632. The van der Waals surface area contributed by atoms with Gasteiger partial charge in [-0.3, -0.25) is 0 Å². The Hall–Kier alpha value is -1.69. The first-order valence-corrected chi connectivity index (χ1v) is 7.75. The molecule has 4 nitrogen and oxygen atoms in total. The molecule has 1 saturated heterocycles. The predicted molar refractivity (Wildman–Crippen MR) is 84.6 cm³/mol. The van der Waals surface area contributed by atoms with Crippen molar-refractivity contribution in [1.29, 1.82) is 0 Å². The van der Waals surface area contributed by atoms with Crippen LogP contribution in [0.5, 0.6) is 0 Å². The Balaban J connectivity index is 1.57. The average Bonchev–Trinajstić information content (AvgIpc) is 2.97. The molecule has 114 valence electrons. The molecule has 1 aliphatic heterocycles. The molecule has 0 spiro atoms. The number of carbonyl (C=O) groups is 1. The fourth-order valence-corrected chi connectivity index (χ4v) is 2.84. The third-order valence-corrected chi connectivity index (χ3v) is 4.18. The summed E-state index contributed by atoms with van der Waals surface area (Å²) >= 11 is 3.46. The van der Waals surface area contributed by atoms with E-state index in [1.165, 1.54) is 0 Å². The Kier molecular flexibility index (Phi) is 4.57. The number of esters is 1. The van der Waals surface area contributed by atoms with E-state index in [0.29, 0.717) is 12.2 Å². The molecule has 0 unspecified atom stereocenters. The second-order valence-electron chi connectivity index (χ2n) is 4.92. The normalized spacial score (nSPS) is 24.1. The number of benzene rings is 2. The second kappa shape index (κ2) is 6.60. The van der Waals surface area contributed by atoms with Crippen molar-refractivity contribution >= 4 is 21.9 Å². The van der Waals surface area contributed by atoms with Gasteiger partial charge in [0.1, 0.15) is 12.7 Å². The van der Waals surface area contributed by atoms with Crippen molar-refractivity contribution in [3.05, 3.63) is 71.8 Å². The Morgan fingerprint density at radius 1 is 1.14 bits per heavy atom. The van der Waals surface area contributed by atoms with Gasteiger partial charge in [-0.1, -0.05) is 48.5 Å². The van der Waals surface area contributed by atoms with Gasteiger partial charge in [-0.25, -0.2) is 4.79 Å². The molecule has 0 N–H and O–H groups in total. The molecule has 0 radical (unpaired) electrons. The first-order valence-electron chi connectivity index (χ1n) is 6.96. The van der Waals surface area contributed by atoms with Crippen molar-refractivity contribution in [2.24, 2.45) is 0 Å². The average molecular weight is 363 g/mol. The molecule has 0 saturated carbocycles. The van der Waals surface area contributed by atoms with Gasteiger partial charge < -0.3 is 14.2 Å². The van der Waals surface area contributed by atoms with Crippen LogP contribution in [0, 0.1) is 0 Å². The molecule has 0 amide bonds. The highest BCUT2D eigenvalue weighted by Gasteiger charge is 2.41. The summed E-state index contributed by atoms with van der Waals surface area (Å²) in [5.74, 6) is -0.365. The fourth-order valence-electron chi connectivity index (χ4n) is 2.18. The number of alkyl halides is 1. The summed E-state index contributed by atoms with van der Waals surface area (Å²) in [5, 5.41) is 0. The lowest BCUT2D eigenvalue weighted by atomic mass is 10.2. The first kappa shape index (κ1) is 15.2. The van der Waals surface area contributed by atoms with E-state index in [2.05, 4.69) is 15.9 Å². The number of hydrogen-bond acceptors (Lipinski definition) is 4. The zero-order valence-electron chi connectivity index (χ0n) is 11.8. The van der Waals surface area contributed by atoms with Crippen LogP contribution in [0.1, 0.15) is 15.9 Å². The van der Waals surface area contributed by atoms with Crippen molar-refractivity contribution in [2.45, 2.75) is 10.8 Å². The Morgan fingerprint density at radius 3 is 2.45 bits per heavy atom. The molecule has 0 bridgehead atoms. The standard InChI is InChI=1S/C17H15BrO4/c18-17(14-9-5-2-6-10-14)21-12-15(22-17)11-20-16(19)13-7-3-1-4-8-13/h1-10,15H,11-12H2/t15-,17+/m1/s1. The number of hydrogen-bond donors (Lipinski definition) is 0. The minimum absolute atomic E-state index is 0.147. The van der Waals surface area contributed by atoms with E-state index in [1.807, 2.05) is 36.4 Å². The van der Waals surface area contributed by atoms with Crippen molar-refractivity contribution in [3.8, 4) is 0 Å². The molecule has 2 aromatic carbocycles. The number of halogens is 1. The number of rotatable bonds is 4. The van der Waals surface area contributed by atoms with Crippen LogP contribution < -0.4 is 0 Å². The highest BCUT2D eigenvalue weighted by molar-refractivity contribution is 9.09. The van der Waals surface area contributed by atoms with Gasteiger partial charge in [0.15, 0.2) is 0 Å². The van der Waals surface area contributed by atoms with Crippen LogP contribution in [0.3, 0.4) is 0 Å². The maximum Gasteiger partial charge on any atom is 0.338 e. The smallest absolute Gasteiger partial charge is 0.338 e. The SMILES string of the molecule is O=C(OC[C@@H]1CO[C@@](Br)(c2ccccc2)O1)c1ccccc1. The zero-order chi connectivity index (χ0) is 15.4. The molecule has 1 aliphatic rings. The lowest BCUT2D eigenvalue weighted by Gasteiger charge is -2.21. The van der Waals surface area contributed by atoms with Gasteiger partial charge in [0.2, 0.25) is 0 Å². The monoisotopic (exact) mass is 362 g/mol. The summed E-state index contributed by atoms with van der Waals surface area (Å²) in [6.07, 6.45) is -0.313. The molecule has 22 heavy (non-hydrogen) atoms. The Labute approximate surface area is 137 Å². The van der Waals surface area contributed by atoms with Gasteiger partial charge in [-0.15, -0.1) is 0 Å². The maximum atomic E-state index is 11.9. The van der Waals surface area contributed by atoms with E-state index in [9.17, 15) is 4.79 Å². The first-order chi connectivity index (χ1) is 10.7. The lowest BCUT2D eigenvalue weighted by molar-refractivity contribution is -0.0963. The van der Waals surface area contributed by atoms with Crippen LogP contribution in [-0.2, 0) is 18.9 Å². The third kappa shape index (κ3) is 3.38. The van der Waals surface area contributed by atoms with Crippen molar-refractivity contribution in [2.75, 3.05) is 13.2 Å². The highest BCUT2D eigenvalue weighted by Crippen LogP contribution is 2.39. The van der Waals surface area contributed by atoms with E-state index in [-0.39, 0.29) is 18.7 Å². The summed E-state index contributed by atoms with van der Waals surface area (Å²) < 4.78 is 15.8. The summed E-state index contributed by atoms with van der Waals surface area (Å²) in [6.45, 7) is 0.496. The summed E-state index contributed by atoms with van der Waals surface area (Å²) in [4.78, 5) is 11.9. The van der Waals surface area contributed by atoms with Crippen LogP contribution in [-0.4, -0.2) is 25.3 Å². The van der Waals surface area contributed by atoms with E-state index < -0.39 is 4.70 Å².